The number of ether oxygens (including phenoxy) is 1. The van der Waals surface area contributed by atoms with Crippen LogP contribution >= 0.6 is 0 Å². The molecule has 1 aliphatic heterocycles. The van der Waals surface area contributed by atoms with E-state index < -0.39 is 5.60 Å². The zero-order valence-corrected chi connectivity index (χ0v) is 19.9. The number of aliphatic hydroxyl groups excluding tert-OH is 1. The third-order valence-electron chi connectivity index (χ3n) is 10.9. The van der Waals surface area contributed by atoms with Crippen molar-refractivity contribution in [3.63, 3.8) is 0 Å². The van der Waals surface area contributed by atoms with Gasteiger partial charge in [0.05, 0.1) is 23.9 Å². The zero-order chi connectivity index (χ0) is 21.5. The van der Waals surface area contributed by atoms with E-state index >= 15 is 0 Å². The Bertz CT molecular complexity index is 715. The van der Waals surface area contributed by atoms with Crippen LogP contribution in [-0.2, 0) is 4.74 Å². The maximum absolute atomic E-state index is 12.2. The predicted octanol–water partition coefficient (Wildman–Crippen LogP) is 5.49. The van der Waals surface area contributed by atoms with Crippen molar-refractivity contribution in [2.24, 2.45) is 40.4 Å². The fourth-order valence-corrected chi connectivity index (χ4v) is 8.96. The SMILES string of the molecule is CC(C)C[C@H]1O[C@@H]1[C@@H](C)[C@@]1(O)CC[C@H]2[C@@H]3CC=C4C[C@@H](O)CC[C@]4(C)[C@H]3CC[C@@]21C. The standard InChI is InChI=1S/C27H44O3/c1-16(2)14-23-24(30-23)17(3)27(29)13-10-22-20-7-6-18-15-19(28)8-11-25(18,4)21(20)9-12-26(22,27)5/h6,16-17,19-24,28-29H,7-15H2,1-5H3/t17-,19+,20-,21+,22+,23-,24-,25+,26+,27+/m1/s1. The van der Waals surface area contributed by atoms with E-state index in [1.165, 1.54) is 18.4 Å². The quantitative estimate of drug-likeness (QED) is 0.470. The van der Waals surface area contributed by atoms with E-state index in [4.69, 9.17) is 4.74 Å². The summed E-state index contributed by atoms with van der Waals surface area (Å²) in [6, 6.07) is 0. The molecule has 0 spiro atoms. The lowest BCUT2D eigenvalue weighted by Crippen LogP contribution is -2.57. The topological polar surface area (TPSA) is 53.0 Å². The minimum Gasteiger partial charge on any atom is -0.393 e. The molecule has 2 N–H and O–H groups in total. The molecule has 10 atom stereocenters. The first-order valence-corrected chi connectivity index (χ1v) is 12.9. The van der Waals surface area contributed by atoms with Gasteiger partial charge in [-0.05, 0) is 92.3 Å². The summed E-state index contributed by atoms with van der Waals surface area (Å²) in [4.78, 5) is 0. The third kappa shape index (κ3) is 2.94. The van der Waals surface area contributed by atoms with E-state index in [0.29, 0.717) is 23.9 Å². The van der Waals surface area contributed by atoms with Crippen molar-refractivity contribution in [3.8, 4) is 0 Å². The normalized spacial score (nSPS) is 53.5. The molecule has 1 saturated heterocycles. The smallest absolute Gasteiger partial charge is 0.0895 e. The Hall–Kier alpha value is -0.380. The Morgan fingerprint density at radius 2 is 1.80 bits per heavy atom. The number of fused-ring (bicyclic) bond motifs is 5. The molecular formula is C27H44O3. The lowest BCUT2D eigenvalue weighted by atomic mass is 9.46. The fraction of sp³-hybridized carbons (Fsp3) is 0.926. The number of rotatable bonds is 4. The number of hydrogen-bond acceptors (Lipinski definition) is 3. The highest BCUT2D eigenvalue weighted by atomic mass is 16.6. The number of allylic oxidation sites excluding steroid dienone is 1. The monoisotopic (exact) mass is 416 g/mol. The molecule has 3 saturated carbocycles. The maximum Gasteiger partial charge on any atom is 0.0895 e. The summed E-state index contributed by atoms with van der Waals surface area (Å²) < 4.78 is 6.10. The van der Waals surface area contributed by atoms with Crippen molar-refractivity contribution in [2.75, 3.05) is 0 Å². The van der Waals surface area contributed by atoms with E-state index in [9.17, 15) is 10.2 Å². The van der Waals surface area contributed by atoms with Gasteiger partial charge in [0, 0.05) is 5.92 Å². The van der Waals surface area contributed by atoms with Crippen LogP contribution in [0.3, 0.4) is 0 Å². The van der Waals surface area contributed by atoms with E-state index in [1.807, 2.05) is 0 Å². The second-order valence-corrected chi connectivity index (χ2v) is 12.6. The average molecular weight is 417 g/mol. The molecule has 1 heterocycles. The Morgan fingerprint density at radius 3 is 2.53 bits per heavy atom. The van der Waals surface area contributed by atoms with Gasteiger partial charge < -0.3 is 14.9 Å². The molecule has 5 aliphatic rings. The largest absolute Gasteiger partial charge is 0.393 e. The second kappa shape index (κ2) is 7.06. The van der Waals surface area contributed by atoms with Crippen LogP contribution in [0.2, 0.25) is 0 Å². The zero-order valence-electron chi connectivity index (χ0n) is 19.9. The number of aliphatic hydroxyl groups is 2. The summed E-state index contributed by atoms with van der Waals surface area (Å²) in [6.45, 7) is 11.7. The summed E-state index contributed by atoms with van der Waals surface area (Å²) in [5.41, 5.74) is 1.23. The summed E-state index contributed by atoms with van der Waals surface area (Å²) in [5, 5.41) is 22.4. The van der Waals surface area contributed by atoms with Gasteiger partial charge in [-0.25, -0.2) is 0 Å². The molecule has 5 rings (SSSR count). The molecule has 0 aromatic carbocycles. The number of hydrogen-bond donors (Lipinski definition) is 2. The van der Waals surface area contributed by atoms with Crippen molar-refractivity contribution < 1.29 is 14.9 Å². The van der Waals surface area contributed by atoms with E-state index in [0.717, 1.165) is 50.9 Å². The maximum atomic E-state index is 12.2. The Morgan fingerprint density at radius 1 is 1.07 bits per heavy atom. The predicted molar refractivity (Wildman–Crippen MR) is 120 cm³/mol. The molecule has 0 aromatic heterocycles. The average Bonchev–Trinajstić information content (AvgIpc) is 3.38. The van der Waals surface area contributed by atoms with Crippen molar-refractivity contribution in [1.82, 2.24) is 0 Å². The Labute approximate surface area is 183 Å². The summed E-state index contributed by atoms with van der Waals surface area (Å²) in [7, 11) is 0. The van der Waals surface area contributed by atoms with Crippen molar-refractivity contribution in [1.29, 1.82) is 0 Å². The first kappa shape index (κ1) is 21.5. The van der Waals surface area contributed by atoms with Gasteiger partial charge in [0.15, 0.2) is 0 Å². The molecule has 170 valence electrons. The van der Waals surface area contributed by atoms with Gasteiger partial charge in [-0.1, -0.05) is 46.3 Å². The molecule has 0 radical (unpaired) electrons. The van der Waals surface area contributed by atoms with E-state index in [-0.39, 0.29) is 29.0 Å². The number of epoxide rings is 1. The van der Waals surface area contributed by atoms with Gasteiger partial charge >= 0.3 is 0 Å². The highest BCUT2D eigenvalue weighted by Crippen LogP contribution is 2.69. The highest BCUT2D eigenvalue weighted by Gasteiger charge is 2.67. The van der Waals surface area contributed by atoms with Crippen LogP contribution < -0.4 is 0 Å². The first-order chi connectivity index (χ1) is 14.1. The van der Waals surface area contributed by atoms with Gasteiger partial charge in [0.25, 0.3) is 0 Å². The summed E-state index contributed by atoms with van der Waals surface area (Å²) in [5.74, 6) is 2.92. The Balaban J connectivity index is 1.38. The lowest BCUT2D eigenvalue weighted by Gasteiger charge is -2.59. The van der Waals surface area contributed by atoms with E-state index in [1.54, 1.807) is 0 Å². The molecule has 4 fully saturated rings. The molecule has 0 amide bonds. The molecule has 3 nitrogen and oxygen atoms in total. The van der Waals surface area contributed by atoms with Crippen LogP contribution in [0.5, 0.6) is 0 Å². The van der Waals surface area contributed by atoms with Gasteiger partial charge in [-0.2, -0.15) is 0 Å². The molecule has 0 bridgehead atoms. The molecule has 30 heavy (non-hydrogen) atoms. The summed E-state index contributed by atoms with van der Waals surface area (Å²) >= 11 is 0. The summed E-state index contributed by atoms with van der Waals surface area (Å²) in [6.07, 6.45) is 12.7. The van der Waals surface area contributed by atoms with Crippen LogP contribution in [0, 0.1) is 40.4 Å². The van der Waals surface area contributed by atoms with Crippen LogP contribution in [0.4, 0.5) is 0 Å². The second-order valence-electron chi connectivity index (χ2n) is 12.6. The highest BCUT2D eigenvalue weighted by molar-refractivity contribution is 5.26. The fourth-order valence-electron chi connectivity index (χ4n) is 8.96. The molecule has 3 heteroatoms. The van der Waals surface area contributed by atoms with Crippen molar-refractivity contribution in [3.05, 3.63) is 11.6 Å². The lowest BCUT2D eigenvalue weighted by molar-refractivity contribution is -0.152. The van der Waals surface area contributed by atoms with Gasteiger partial charge in [-0.3, -0.25) is 0 Å². The first-order valence-electron chi connectivity index (χ1n) is 12.9. The van der Waals surface area contributed by atoms with Crippen LogP contribution in [0.15, 0.2) is 11.6 Å². The molecular weight excluding hydrogens is 372 g/mol. The minimum absolute atomic E-state index is 0.0117. The molecule has 4 aliphatic carbocycles. The van der Waals surface area contributed by atoms with Crippen LogP contribution in [0.25, 0.3) is 0 Å². The van der Waals surface area contributed by atoms with Crippen LogP contribution in [0.1, 0.15) is 92.4 Å². The van der Waals surface area contributed by atoms with Gasteiger partial charge in [0.2, 0.25) is 0 Å². The molecule has 0 unspecified atom stereocenters. The van der Waals surface area contributed by atoms with Crippen molar-refractivity contribution in [2.45, 2.75) is 116 Å². The van der Waals surface area contributed by atoms with E-state index in [2.05, 4.69) is 40.7 Å². The van der Waals surface area contributed by atoms with Crippen LogP contribution in [-0.4, -0.2) is 34.1 Å². The van der Waals surface area contributed by atoms with Crippen molar-refractivity contribution >= 4 is 0 Å². The Kier molecular flexibility index (Phi) is 5.05. The molecule has 0 aromatic rings. The van der Waals surface area contributed by atoms with Gasteiger partial charge in [-0.15, -0.1) is 0 Å². The van der Waals surface area contributed by atoms with Gasteiger partial charge in [0.1, 0.15) is 0 Å². The minimum atomic E-state index is -0.591. The third-order valence-corrected chi connectivity index (χ3v) is 10.9.